The molecule has 0 radical (unpaired) electrons. The molecule has 3 aromatic carbocycles. The van der Waals surface area contributed by atoms with Gasteiger partial charge in [0.1, 0.15) is 12.4 Å². The van der Waals surface area contributed by atoms with Crippen molar-refractivity contribution < 1.29 is 17.9 Å². The molecule has 4 rings (SSSR count). The van der Waals surface area contributed by atoms with E-state index < -0.39 is 10.0 Å². The molecule has 178 valence electrons. The second-order valence-electron chi connectivity index (χ2n) is 8.69. The maximum Gasteiger partial charge on any atom is 0.261 e. The number of carbonyl (C=O) groups excluding carboxylic acids is 1. The second-order valence-corrected chi connectivity index (χ2v) is 10.4. The van der Waals surface area contributed by atoms with Crippen molar-refractivity contribution in [3.05, 3.63) is 89.5 Å². The van der Waals surface area contributed by atoms with Crippen LogP contribution >= 0.6 is 0 Å². The Kier molecular flexibility index (Phi) is 7.53. The summed E-state index contributed by atoms with van der Waals surface area (Å²) < 4.78 is 34.3. The minimum Gasteiger partial charge on any atom is -0.489 e. The second kappa shape index (κ2) is 10.7. The molecule has 1 saturated carbocycles. The van der Waals surface area contributed by atoms with E-state index in [1.807, 2.05) is 37.3 Å². The Morgan fingerprint density at radius 1 is 0.941 bits per heavy atom. The fourth-order valence-corrected chi connectivity index (χ4v) is 5.18. The fourth-order valence-electron chi connectivity index (χ4n) is 4.10. The third kappa shape index (κ3) is 6.17. The van der Waals surface area contributed by atoms with Gasteiger partial charge < -0.3 is 10.1 Å². The minimum atomic E-state index is -3.86. The van der Waals surface area contributed by atoms with E-state index in [2.05, 4.69) is 10.0 Å². The summed E-state index contributed by atoms with van der Waals surface area (Å²) in [6, 6.07) is 21.4. The molecule has 0 unspecified atom stereocenters. The normalized spacial score (nSPS) is 14.4. The van der Waals surface area contributed by atoms with Crippen LogP contribution in [0.15, 0.2) is 77.7 Å². The minimum absolute atomic E-state index is 0.0521. The summed E-state index contributed by atoms with van der Waals surface area (Å²) in [6.07, 6.45) is 5.35. The lowest BCUT2D eigenvalue weighted by molar-refractivity contribution is 0.0927. The first-order chi connectivity index (χ1) is 16.4. The molecule has 34 heavy (non-hydrogen) atoms. The number of carbonyl (C=O) groups is 1. The van der Waals surface area contributed by atoms with E-state index in [1.54, 1.807) is 30.3 Å². The van der Waals surface area contributed by atoms with Crippen molar-refractivity contribution in [3.8, 4) is 5.75 Å². The number of rotatable bonds is 8. The van der Waals surface area contributed by atoms with Gasteiger partial charge in [0, 0.05) is 17.3 Å². The zero-order valence-corrected chi connectivity index (χ0v) is 20.1. The van der Waals surface area contributed by atoms with E-state index in [-0.39, 0.29) is 16.8 Å². The summed E-state index contributed by atoms with van der Waals surface area (Å²) in [5.41, 5.74) is 2.60. The lowest BCUT2D eigenvalue weighted by Crippen LogP contribution is -2.36. The third-order valence-electron chi connectivity index (χ3n) is 6.06. The number of aryl methyl sites for hydroxylation is 1. The number of amides is 1. The topological polar surface area (TPSA) is 84.5 Å². The highest BCUT2D eigenvalue weighted by Crippen LogP contribution is 2.23. The van der Waals surface area contributed by atoms with Crippen LogP contribution in [-0.4, -0.2) is 20.4 Å². The highest BCUT2D eigenvalue weighted by atomic mass is 32.2. The van der Waals surface area contributed by atoms with Crippen LogP contribution in [0.3, 0.4) is 0 Å². The summed E-state index contributed by atoms with van der Waals surface area (Å²) in [6.45, 7) is 2.24. The molecular formula is C27H30N2O4S. The Hall–Kier alpha value is -3.32. The molecule has 0 spiro atoms. The quantitative estimate of drug-likeness (QED) is 0.452. The monoisotopic (exact) mass is 478 g/mol. The number of nitrogens with one attached hydrogen (secondary N) is 2. The van der Waals surface area contributed by atoms with Crippen molar-refractivity contribution in [2.24, 2.45) is 0 Å². The van der Waals surface area contributed by atoms with Crippen molar-refractivity contribution >= 4 is 21.6 Å². The van der Waals surface area contributed by atoms with Gasteiger partial charge in [-0.15, -0.1) is 0 Å². The van der Waals surface area contributed by atoms with Crippen molar-refractivity contribution in [1.29, 1.82) is 0 Å². The zero-order valence-electron chi connectivity index (χ0n) is 19.3. The maximum absolute atomic E-state index is 13.0. The number of sulfonamides is 1. The molecule has 0 aromatic heterocycles. The number of benzene rings is 3. The third-order valence-corrected chi connectivity index (χ3v) is 7.44. The highest BCUT2D eigenvalue weighted by Gasteiger charge is 2.21. The number of hydrogen-bond donors (Lipinski definition) is 2. The molecule has 0 bridgehead atoms. The molecule has 0 atom stereocenters. The van der Waals surface area contributed by atoms with Crippen LogP contribution in [0.5, 0.6) is 5.75 Å². The lowest BCUT2D eigenvalue weighted by Gasteiger charge is -2.23. The molecule has 0 saturated heterocycles. The van der Waals surface area contributed by atoms with Crippen LogP contribution in [0.2, 0.25) is 0 Å². The summed E-state index contributed by atoms with van der Waals surface area (Å²) in [4.78, 5) is 12.9. The SMILES string of the molecule is Cc1ccc(S(=O)(=O)Nc2ccc(OCc3ccccc3)cc2)cc1C(=O)NC1CCCCC1. The highest BCUT2D eigenvalue weighted by molar-refractivity contribution is 7.92. The Morgan fingerprint density at radius 3 is 2.35 bits per heavy atom. The van der Waals surface area contributed by atoms with Crippen LogP contribution in [-0.2, 0) is 16.6 Å². The van der Waals surface area contributed by atoms with E-state index in [0.717, 1.165) is 36.8 Å². The van der Waals surface area contributed by atoms with Gasteiger partial charge in [0.2, 0.25) is 0 Å². The smallest absolute Gasteiger partial charge is 0.261 e. The molecular weight excluding hydrogens is 448 g/mol. The first-order valence-electron chi connectivity index (χ1n) is 11.6. The van der Waals surface area contributed by atoms with Crippen LogP contribution in [0.4, 0.5) is 5.69 Å². The molecule has 1 aliphatic carbocycles. The number of hydrogen-bond acceptors (Lipinski definition) is 4. The average Bonchev–Trinajstić information content (AvgIpc) is 2.85. The van der Waals surface area contributed by atoms with Gasteiger partial charge in [0.05, 0.1) is 4.90 Å². The molecule has 2 N–H and O–H groups in total. The van der Waals surface area contributed by atoms with E-state index in [4.69, 9.17) is 4.74 Å². The van der Waals surface area contributed by atoms with Gasteiger partial charge in [0.15, 0.2) is 0 Å². The van der Waals surface area contributed by atoms with Gasteiger partial charge in [-0.25, -0.2) is 8.42 Å². The molecule has 7 heteroatoms. The summed E-state index contributed by atoms with van der Waals surface area (Å²) >= 11 is 0. The molecule has 1 fully saturated rings. The first kappa shape index (κ1) is 23.8. The summed E-state index contributed by atoms with van der Waals surface area (Å²) in [5, 5.41) is 3.07. The van der Waals surface area contributed by atoms with E-state index in [9.17, 15) is 13.2 Å². The van der Waals surface area contributed by atoms with Gasteiger partial charge in [-0.05, 0) is 67.3 Å². The van der Waals surface area contributed by atoms with Crippen molar-refractivity contribution in [2.75, 3.05) is 4.72 Å². The Balaban J connectivity index is 1.42. The standard InChI is InChI=1S/C27H30N2O4S/c1-20-12-17-25(18-26(20)27(30)28-22-10-6-3-7-11-22)34(31,32)29-23-13-15-24(16-14-23)33-19-21-8-4-2-5-9-21/h2,4-5,8-9,12-18,22,29H,3,6-7,10-11,19H2,1H3,(H,28,30). The van der Waals surface area contributed by atoms with Crippen molar-refractivity contribution in [3.63, 3.8) is 0 Å². The fraction of sp³-hybridized carbons (Fsp3) is 0.296. The van der Waals surface area contributed by atoms with Gasteiger partial charge in [-0.1, -0.05) is 55.7 Å². The Morgan fingerprint density at radius 2 is 1.65 bits per heavy atom. The van der Waals surface area contributed by atoms with E-state index in [0.29, 0.717) is 23.6 Å². The van der Waals surface area contributed by atoms with Crippen LogP contribution in [0.25, 0.3) is 0 Å². The number of anilines is 1. The van der Waals surface area contributed by atoms with E-state index in [1.165, 1.54) is 18.6 Å². The van der Waals surface area contributed by atoms with Crippen molar-refractivity contribution in [1.82, 2.24) is 5.32 Å². The summed E-state index contributed by atoms with van der Waals surface area (Å²) in [5.74, 6) is 0.421. The van der Waals surface area contributed by atoms with Gasteiger partial charge >= 0.3 is 0 Å². The first-order valence-corrected chi connectivity index (χ1v) is 13.1. The largest absolute Gasteiger partial charge is 0.489 e. The van der Waals surface area contributed by atoms with Gasteiger partial charge in [-0.2, -0.15) is 0 Å². The Labute approximate surface area is 201 Å². The Bertz CT molecular complexity index is 1220. The van der Waals surface area contributed by atoms with Gasteiger partial charge in [0.25, 0.3) is 15.9 Å². The summed E-state index contributed by atoms with van der Waals surface area (Å²) in [7, 11) is -3.86. The molecule has 6 nitrogen and oxygen atoms in total. The van der Waals surface area contributed by atoms with Gasteiger partial charge in [-0.3, -0.25) is 9.52 Å². The molecule has 0 heterocycles. The van der Waals surface area contributed by atoms with E-state index >= 15 is 0 Å². The van der Waals surface area contributed by atoms with Crippen molar-refractivity contribution in [2.45, 2.75) is 56.6 Å². The molecule has 3 aromatic rings. The lowest BCUT2D eigenvalue weighted by atomic mass is 9.95. The van der Waals surface area contributed by atoms with Crippen LogP contribution < -0.4 is 14.8 Å². The average molecular weight is 479 g/mol. The van der Waals surface area contributed by atoms with Crippen LogP contribution in [0, 0.1) is 6.92 Å². The predicted octanol–water partition coefficient (Wildman–Crippen LogP) is 5.44. The maximum atomic E-state index is 13.0. The van der Waals surface area contributed by atoms with Crippen LogP contribution in [0.1, 0.15) is 53.6 Å². The number of ether oxygens (including phenoxy) is 1. The molecule has 0 aliphatic heterocycles. The molecule has 1 amide bonds. The predicted molar refractivity (Wildman–Crippen MR) is 134 cm³/mol. The zero-order chi connectivity index (χ0) is 24.0. The molecule has 1 aliphatic rings.